The molecule has 130 valence electrons. The number of hydrogen-bond donors (Lipinski definition) is 3. The summed E-state index contributed by atoms with van der Waals surface area (Å²) in [6.07, 6.45) is 7.06. The lowest BCUT2D eigenvalue weighted by Crippen LogP contribution is -2.18. The van der Waals surface area contributed by atoms with Gasteiger partial charge in [0.1, 0.15) is 5.82 Å². The molecule has 2 fully saturated rings. The number of hydrogen-bond acceptors (Lipinski definition) is 6. The molecule has 7 heteroatoms. The van der Waals surface area contributed by atoms with Gasteiger partial charge in [0.05, 0.1) is 0 Å². The van der Waals surface area contributed by atoms with Crippen LogP contribution in [0.5, 0.6) is 0 Å². The summed E-state index contributed by atoms with van der Waals surface area (Å²) in [7, 11) is 1.97. The van der Waals surface area contributed by atoms with E-state index in [2.05, 4.69) is 43.8 Å². The average Bonchev–Trinajstić information content (AvgIpc) is 3.09. The van der Waals surface area contributed by atoms with Gasteiger partial charge in [-0.05, 0) is 51.8 Å². The number of H-pyrrole nitrogens is 1. The highest BCUT2D eigenvalue weighted by atomic mass is 15.3. The van der Waals surface area contributed by atoms with Crippen LogP contribution in [-0.2, 0) is 0 Å². The highest BCUT2D eigenvalue weighted by Gasteiger charge is 2.25. The predicted octanol–water partition coefficient (Wildman–Crippen LogP) is 2.65. The van der Waals surface area contributed by atoms with Crippen molar-refractivity contribution in [3.8, 4) is 0 Å². The normalized spacial score (nSPS) is 16.4. The Bertz CT molecular complexity index is 624. The van der Waals surface area contributed by atoms with Crippen LogP contribution in [0.15, 0.2) is 18.3 Å². The van der Waals surface area contributed by atoms with Crippen LogP contribution in [0.1, 0.15) is 44.2 Å². The summed E-state index contributed by atoms with van der Waals surface area (Å²) in [4.78, 5) is 10.7. The van der Waals surface area contributed by atoms with Gasteiger partial charge >= 0.3 is 0 Å². The van der Waals surface area contributed by atoms with Gasteiger partial charge in [-0.1, -0.05) is 0 Å². The fourth-order valence-electron chi connectivity index (χ4n) is 2.50. The molecule has 0 amide bonds. The van der Waals surface area contributed by atoms with Gasteiger partial charge in [-0.3, -0.25) is 5.10 Å². The Labute approximate surface area is 143 Å². The first kappa shape index (κ1) is 16.7. The van der Waals surface area contributed by atoms with Crippen molar-refractivity contribution in [3.05, 3.63) is 24.0 Å². The van der Waals surface area contributed by atoms with E-state index >= 15 is 0 Å². The van der Waals surface area contributed by atoms with E-state index in [0.717, 1.165) is 18.2 Å². The second-order valence-corrected chi connectivity index (χ2v) is 6.32. The Morgan fingerprint density at radius 2 is 2.04 bits per heavy atom. The molecule has 0 atom stereocenters. The molecule has 7 nitrogen and oxygen atoms in total. The van der Waals surface area contributed by atoms with Crippen LogP contribution in [-0.4, -0.2) is 46.8 Å². The van der Waals surface area contributed by atoms with Crippen molar-refractivity contribution in [1.29, 1.82) is 0 Å². The minimum atomic E-state index is 0.676. The Kier molecular flexibility index (Phi) is 5.63. The molecule has 2 aromatic rings. The van der Waals surface area contributed by atoms with Crippen LogP contribution in [0.2, 0.25) is 0 Å². The molecule has 2 aliphatic rings. The summed E-state index contributed by atoms with van der Waals surface area (Å²) in [5, 5.41) is 13.8. The van der Waals surface area contributed by atoms with Crippen LogP contribution in [0.4, 0.5) is 17.6 Å². The van der Waals surface area contributed by atoms with Crippen molar-refractivity contribution in [2.45, 2.75) is 38.5 Å². The topological polar surface area (TPSA) is 81.8 Å². The molecule has 24 heavy (non-hydrogen) atoms. The van der Waals surface area contributed by atoms with E-state index in [1.54, 1.807) is 6.20 Å². The van der Waals surface area contributed by atoms with Crippen molar-refractivity contribution < 1.29 is 0 Å². The Morgan fingerprint density at radius 1 is 1.25 bits per heavy atom. The van der Waals surface area contributed by atoms with Gasteiger partial charge in [-0.25, -0.2) is 4.98 Å². The van der Waals surface area contributed by atoms with E-state index in [1.165, 1.54) is 44.5 Å². The Hall–Kier alpha value is -2.15. The SMILES string of the molecule is C1CCNC1.CCN(C)c1nccc(Nc2cc(C3CC3)[nH]n2)n1. The summed E-state index contributed by atoms with van der Waals surface area (Å²) in [5.41, 5.74) is 1.21. The predicted molar refractivity (Wildman–Crippen MR) is 96.9 cm³/mol. The van der Waals surface area contributed by atoms with Gasteiger partial charge in [-0.2, -0.15) is 10.1 Å². The number of nitrogens with zero attached hydrogens (tertiary/aromatic N) is 4. The van der Waals surface area contributed by atoms with E-state index in [0.29, 0.717) is 11.9 Å². The second kappa shape index (κ2) is 8.10. The molecule has 1 aliphatic heterocycles. The molecule has 3 heterocycles. The van der Waals surface area contributed by atoms with Crippen molar-refractivity contribution in [2.24, 2.45) is 0 Å². The minimum Gasteiger partial charge on any atom is -0.344 e. The van der Waals surface area contributed by atoms with Crippen LogP contribution < -0.4 is 15.5 Å². The maximum Gasteiger partial charge on any atom is 0.226 e. The molecule has 1 saturated heterocycles. The number of aromatic amines is 1. The first-order valence-electron chi connectivity index (χ1n) is 8.83. The van der Waals surface area contributed by atoms with E-state index in [1.807, 2.05) is 18.0 Å². The summed E-state index contributed by atoms with van der Waals surface area (Å²) >= 11 is 0. The minimum absolute atomic E-state index is 0.676. The molecule has 1 saturated carbocycles. The molecular weight excluding hydrogens is 302 g/mol. The molecule has 0 spiro atoms. The number of aromatic nitrogens is 4. The summed E-state index contributed by atoms with van der Waals surface area (Å²) in [6.45, 7) is 5.44. The molecular formula is C17H27N7. The molecule has 2 aromatic heterocycles. The summed E-state index contributed by atoms with van der Waals surface area (Å²) < 4.78 is 0. The van der Waals surface area contributed by atoms with Crippen LogP contribution in [0, 0.1) is 0 Å². The second-order valence-electron chi connectivity index (χ2n) is 6.32. The zero-order chi connectivity index (χ0) is 16.8. The Balaban J connectivity index is 0.000000290. The standard InChI is InChI=1S/C13H18N6.C4H9N/c1-3-19(2)13-14-7-6-11(16-13)15-12-8-10(17-18-12)9-4-5-9;1-2-4-5-3-1/h6-9H,3-5H2,1-2H3,(H2,14,15,16,17,18);5H,1-4H2. The first-order chi connectivity index (χ1) is 11.8. The number of nitrogens with one attached hydrogen (secondary N) is 3. The third kappa shape index (κ3) is 4.67. The van der Waals surface area contributed by atoms with E-state index < -0.39 is 0 Å². The lowest BCUT2D eigenvalue weighted by Gasteiger charge is -2.14. The molecule has 0 radical (unpaired) electrons. The van der Waals surface area contributed by atoms with Gasteiger partial charge in [0.15, 0.2) is 5.82 Å². The lowest BCUT2D eigenvalue weighted by molar-refractivity contribution is 0.857. The van der Waals surface area contributed by atoms with Crippen molar-refractivity contribution in [3.63, 3.8) is 0 Å². The molecule has 4 rings (SSSR count). The fourth-order valence-corrected chi connectivity index (χ4v) is 2.50. The van der Waals surface area contributed by atoms with Crippen molar-refractivity contribution >= 4 is 17.6 Å². The molecule has 0 bridgehead atoms. The van der Waals surface area contributed by atoms with E-state index in [4.69, 9.17) is 0 Å². The third-order valence-corrected chi connectivity index (χ3v) is 4.29. The number of rotatable bonds is 5. The largest absolute Gasteiger partial charge is 0.344 e. The number of anilines is 3. The highest BCUT2D eigenvalue weighted by Crippen LogP contribution is 2.39. The van der Waals surface area contributed by atoms with Gasteiger partial charge < -0.3 is 15.5 Å². The lowest BCUT2D eigenvalue weighted by atomic mass is 10.3. The molecule has 3 N–H and O–H groups in total. The van der Waals surface area contributed by atoms with Gasteiger partial charge in [0.2, 0.25) is 5.95 Å². The smallest absolute Gasteiger partial charge is 0.226 e. The zero-order valence-electron chi connectivity index (χ0n) is 14.5. The van der Waals surface area contributed by atoms with Gasteiger partial charge in [-0.15, -0.1) is 0 Å². The van der Waals surface area contributed by atoms with Crippen molar-refractivity contribution in [2.75, 3.05) is 36.9 Å². The van der Waals surface area contributed by atoms with Gasteiger partial charge in [0.25, 0.3) is 0 Å². The first-order valence-corrected chi connectivity index (χ1v) is 8.83. The third-order valence-electron chi connectivity index (χ3n) is 4.29. The average molecular weight is 329 g/mol. The highest BCUT2D eigenvalue weighted by molar-refractivity contribution is 5.53. The zero-order valence-corrected chi connectivity index (χ0v) is 14.5. The maximum absolute atomic E-state index is 4.46. The monoisotopic (exact) mass is 329 g/mol. The van der Waals surface area contributed by atoms with Gasteiger partial charge in [0, 0.05) is 37.5 Å². The Morgan fingerprint density at radius 3 is 2.67 bits per heavy atom. The van der Waals surface area contributed by atoms with Crippen LogP contribution in [0.25, 0.3) is 0 Å². The quantitative estimate of drug-likeness (QED) is 0.782. The van der Waals surface area contributed by atoms with E-state index in [9.17, 15) is 0 Å². The van der Waals surface area contributed by atoms with Crippen molar-refractivity contribution in [1.82, 2.24) is 25.5 Å². The fraction of sp³-hybridized carbons (Fsp3) is 0.588. The molecule has 0 unspecified atom stereocenters. The summed E-state index contributed by atoms with van der Waals surface area (Å²) in [6, 6.07) is 3.90. The van der Waals surface area contributed by atoms with Crippen LogP contribution >= 0.6 is 0 Å². The maximum atomic E-state index is 4.46. The molecule has 1 aliphatic carbocycles. The molecule has 0 aromatic carbocycles. The van der Waals surface area contributed by atoms with Crippen LogP contribution in [0.3, 0.4) is 0 Å². The van der Waals surface area contributed by atoms with E-state index in [-0.39, 0.29) is 0 Å². The summed E-state index contributed by atoms with van der Waals surface area (Å²) in [5.74, 6) is 2.96.